The summed E-state index contributed by atoms with van der Waals surface area (Å²) >= 11 is 0. The third-order valence-electron chi connectivity index (χ3n) is 12.8. The largest absolute Gasteiger partial charge is 0.455 e. The first-order valence-electron chi connectivity index (χ1n) is 20.3. The summed E-state index contributed by atoms with van der Waals surface area (Å²) in [6, 6.07) is 71.4. The Bertz CT molecular complexity index is 3430. The van der Waals surface area contributed by atoms with E-state index in [1.165, 1.54) is 88.0 Å². The fourth-order valence-corrected chi connectivity index (χ4v) is 10.1. The van der Waals surface area contributed by atoms with Crippen LogP contribution in [0.3, 0.4) is 0 Å². The highest BCUT2D eigenvalue weighted by Gasteiger charge is 2.36. The van der Waals surface area contributed by atoms with Crippen LogP contribution >= 0.6 is 0 Å². The first-order chi connectivity index (χ1) is 28.5. The Kier molecular flexibility index (Phi) is 7.04. The fraction of sp³-hybridized carbons (Fsp3) is 0.0526. The monoisotopic (exact) mass is 738 g/mol. The van der Waals surface area contributed by atoms with Crippen molar-refractivity contribution in [3.8, 4) is 55.6 Å². The van der Waals surface area contributed by atoms with E-state index in [4.69, 9.17) is 4.42 Å². The van der Waals surface area contributed by atoms with Gasteiger partial charge in [-0.1, -0.05) is 184 Å². The van der Waals surface area contributed by atoms with Gasteiger partial charge in [-0.3, -0.25) is 0 Å². The topological polar surface area (TPSA) is 13.1 Å². The minimum Gasteiger partial charge on any atom is -0.455 e. The first-order valence-corrected chi connectivity index (χ1v) is 20.3. The molecule has 1 heterocycles. The molecule has 0 saturated carbocycles. The number of hydrogen-bond acceptors (Lipinski definition) is 1. The van der Waals surface area contributed by atoms with Gasteiger partial charge in [0.2, 0.25) is 0 Å². The van der Waals surface area contributed by atoms with Crippen molar-refractivity contribution in [3.05, 3.63) is 205 Å². The van der Waals surface area contributed by atoms with E-state index in [2.05, 4.69) is 202 Å². The van der Waals surface area contributed by atoms with Crippen molar-refractivity contribution in [1.29, 1.82) is 0 Å². The Hall–Kier alpha value is -7.22. The van der Waals surface area contributed by atoms with E-state index in [1.807, 2.05) is 6.07 Å². The standard InChI is InChI=1S/C57H38O/c1-57(2)50-30-29-37(34-49(50)55-41-19-4-3-14-35(41)28-31-51(55)57)36-15-11-17-39(32-36)53-44-21-5-7-23-46(44)54(47-24-8-6-22-45(47)53)40-18-12-16-38(33-40)42-25-13-26-48-43-20-9-10-27-52(43)58-56(42)48/h3-34H,1-2H3. The van der Waals surface area contributed by atoms with Crippen molar-refractivity contribution in [2.45, 2.75) is 19.3 Å². The number of rotatable bonds is 4. The number of para-hydroxylation sites is 2. The van der Waals surface area contributed by atoms with Crippen LogP contribution < -0.4 is 0 Å². The number of fused-ring (bicyclic) bond motifs is 10. The highest BCUT2D eigenvalue weighted by Crippen LogP contribution is 2.52. The Balaban J connectivity index is 1.02. The molecule has 10 aromatic carbocycles. The molecule has 0 atom stereocenters. The molecule has 1 aromatic heterocycles. The van der Waals surface area contributed by atoms with Crippen LogP contribution in [0.25, 0.3) is 110 Å². The summed E-state index contributed by atoms with van der Waals surface area (Å²) < 4.78 is 6.49. The second-order valence-electron chi connectivity index (χ2n) is 16.4. The highest BCUT2D eigenvalue weighted by molar-refractivity contribution is 6.22. The third-order valence-corrected chi connectivity index (χ3v) is 12.8. The van der Waals surface area contributed by atoms with Crippen LogP contribution in [0.1, 0.15) is 25.0 Å². The first kappa shape index (κ1) is 33.0. The van der Waals surface area contributed by atoms with E-state index in [0.29, 0.717) is 0 Å². The molecule has 272 valence electrons. The molecule has 0 unspecified atom stereocenters. The van der Waals surface area contributed by atoms with Gasteiger partial charge < -0.3 is 4.42 Å². The van der Waals surface area contributed by atoms with Crippen LogP contribution in [0.5, 0.6) is 0 Å². The maximum absolute atomic E-state index is 6.49. The van der Waals surface area contributed by atoms with Gasteiger partial charge in [0.1, 0.15) is 11.2 Å². The van der Waals surface area contributed by atoms with E-state index in [0.717, 1.165) is 33.1 Å². The molecule has 1 nitrogen and oxygen atoms in total. The maximum Gasteiger partial charge on any atom is 0.143 e. The molecule has 58 heavy (non-hydrogen) atoms. The summed E-state index contributed by atoms with van der Waals surface area (Å²) in [5.41, 5.74) is 16.9. The molecule has 0 N–H and O–H groups in total. The lowest BCUT2D eigenvalue weighted by molar-refractivity contribution is 0.661. The third kappa shape index (κ3) is 4.77. The van der Waals surface area contributed by atoms with E-state index in [-0.39, 0.29) is 5.41 Å². The summed E-state index contributed by atoms with van der Waals surface area (Å²) in [5, 5.41) is 9.87. The van der Waals surface area contributed by atoms with Crippen molar-refractivity contribution in [2.75, 3.05) is 0 Å². The van der Waals surface area contributed by atoms with Gasteiger partial charge >= 0.3 is 0 Å². The second-order valence-corrected chi connectivity index (χ2v) is 16.4. The number of furan rings is 1. The molecule has 0 radical (unpaired) electrons. The minimum absolute atomic E-state index is 0.0606. The van der Waals surface area contributed by atoms with Crippen LogP contribution in [0, 0.1) is 0 Å². The zero-order valence-electron chi connectivity index (χ0n) is 32.4. The predicted octanol–water partition coefficient (Wildman–Crippen LogP) is 16.0. The van der Waals surface area contributed by atoms with Gasteiger partial charge in [-0.15, -0.1) is 0 Å². The van der Waals surface area contributed by atoms with Gasteiger partial charge in [0, 0.05) is 21.8 Å². The van der Waals surface area contributed by atoms with Crippen LogP contribution in [0.2, 0.25) is 0 Å². The smallest absolute Gasteiger partial charge is 0.143 e. The van der Waals surface area contributed by atoms with Gasteiger partial charge in [0.15, 0.2) is 0 Å². The lowest BCUT2D eigenvalue weighted by Gasteiger charge is -2.21. The van der Waals surface area contributed by atoms with Crippen LogP contribution in [-0.4, -0.2) is 0 Å². The summed E-state index contributed by atoms with van der Waals surface area (Å²) in [7, 11) is 0. The SMILES string of the molecule is CC1(C)c2ccc(-c3cccc(-c4c5ccccc5c(-c5cccc(-c6cccc7c6oc6ccccc67)c5)c5ccccc45)c3)cc2-c2c1ccc1ccccc21. The Labute approximate surface area is 337 Å². The summed E-state index contributed by atoms with van der Waals surface area (Å²) in [5.74, 6) is 0. The van der Waals surface area contributed by atoms with Gasteiger partial charge in [0.05, 0.1) is 0 Å². The Morgan fingerprint density at radius 2 is 0.845 bits per heavy atom. The quantitative estimate of drug-likeness (QED) is 0.164. The van der Waals surface area contributed by atoms with Gasteiger partial charge in [0.25, 0.3) is 0 Å². The molecule has 0 spiro atoms. The maximum atomic E-state index is 6.49. The lowest BCUT2D eigenvalue weighted by Crippen LogP contribution is -2.14. The molecule has 1 aliphatic carbocycles. The van der Waals surface area contributed by atoms with Crippen molar-refractivity contribution in [2.24, 2.45) is 0 Å². The number of hydrogen-bond donors (Lipinski definition) is 0. The van der Waals surface area contributed by atoms with E-state index in [1.54, 1.807) is 0 Å². The van der Waals surface area contributed by atoms with Gasteiger partial charge in [-0.25, -0.2) is 0 Å². The van der Waals surface area contributed by atoms with E-state index >= 15 is 0 Å². The van der Waals surface area contributed by atoms with Gasteiger partial charge in [-0.05, 0) is 118 Å². The molecular weight excluding hydrogens is 701 g/mol. The van der Waals surface area contributed by atoms with E-state index < -0.39 is 0 Å². The molecule has 0 bridgehead atoms. The molecular formula is C57H38O. The fourth-order valence-electron chi connectivity index (χ4n) is 10.1. The average molecular weight is 739 g/mol. The zero-order chi connectivity index (χ0) is 38.5. The molecule has 11 aromatic rings. The number of benzene rings is 10. The molecule has 1 heteroatoms. The summed E-state index contributed by atoms with van der Waals surface area (Å²) in [4.78, 5) is 0. The van der Waals surface area contributed by atoms with Crippen LogP contribution in [0.4, 0.5) is 0 Å². The molecule has 0 aliphatic heterocycles. The Morgan fingerprint density at radius 3 is 1.55 bits per heavy atom. The molecule has 0 amide bonds. The molecule has 1 aliphatic rings. The lowest BCUT2D eigenvalue weighted by atomic mass is 9.81. The van der Waals surface area contributed by atoms with Crippen molar-refractivity contribution < 1.29 is 4.42 Å². The normalized spacial score (nSPS) is 13.1. The summed E-state index contributed by atoms with van der Waals surface area (Å²) in [6.45, 7) is 4.73. The minimum atomic E-state index is -0.0606. The van der Waals surface area contributed by atoms with Crippen molar-refractivity contribution in [3.63, 3.8) is 0 Å². The Morgan fingerprint density at radius 1 is 0.328 bits per heavy atom. The molecule has 12 rings (SSSR count). The van der Waals surface area contributed by atoms with Gasteiger partial charge in [-0.2, -0.15) is 0 Å². The summed E-state index contributed by atoms with van der Waals surface area (Å²) in [6.07, 6.45) is 0. The highest BCUT2D eigenvalue weighted by atomic mass is 16.3. The molecule has 0 saturated heterocycles. The average Bonchev–Trinajstić information content (AvgIpc) is 3.77. The van der Waals surface area contributed by atoms with Crippen LogP contribution in [0.15, 0.2) is 199 Å². The van der Waals surface area contributed by atoms with Crippen LogP contribution in [-0.2, 0) is 5.41 Å². The second kappa shape index (κ2) is 12.4. The molecule has 0 fully saturated rings. The van der Waals surface area contributed by atoms with Crippen molar-refractivity contribution in [1.82, 2.24) is 0 Å². The predicted molar refractivity (Wildman–Crippen MR) is 246 cm³/mol. The zero-order valence-corrected chi connectivity index (χ0v) is 32.4. The van der Waals surface area contributed by atoms with Crippen molar-refractivity contribution >= 4 is 54.3 Å². The van der Waals surface area contributed by atoms with E-state index in [9.17, 15) is 0 Å².